The molecule has 0 aromatic rings. The zero-order valence-corrected chi connectivity index (χ0v) is 12.1. The van der Waals surface area contributed by atoms with E-state index in [-0.39, 0.29) is 59.1 Å². The van der Waals surface area contributed by atoms with E-state index >= 15 is 0 Å². The summed E-state index contributed by atoms with van der Waals surface area (Å²) >= 11 is 0. The van der Waals surface area contributed by atoms with E-state index in [1.807, 2.05) is 0 Å². The molecule has 0 spiro atoms. The van der Waals surface area contributed by atoms with Crippen molar-refractivity contribution in [1.29, 1.82) is 0 Å². The predicted octanol–water partition coefficient (Wildman–Crippen LogP) is -6.91. The van der Waals surface area contributed by atoms with E-state index < -0.39 is 19.0 Å². The average Bonchev–Trinajstić information content (AvgIpc) is 1.62. The van der Waals surface area contributed by atoms with Gasteiger partial charge in [-0.05, 0) is 0 Å². The Hall–Kier alpha value is 1.82. The van der Waals surface area contributed by atoms with Crippen LogP contribution in [-0.2, 0) is 9.36 Å². The van der Waals surface area contributed by atoms with Gasteiger partial charge in [-0.2, -0.15) is 0 Å². The van der Waals surface area contributed by atoms with Crippen LogP contribution in [0.4, 0.5) is 0 Å². The minimum Gasteiger partial charge on any atom is -0.805 e. The van der Waals surface area contributed by atoms with E-state index in [4.69, 9.17) is 0 Å². The Labute approximate surface area is 110 Å². The molecule has 54 valence electrons. The monoisotopic (exact) mass is 196 g/mol. The van der Waals surface area contributed by atoms with Crippen molar-refractivity contribution in [3.05, 3.63) is 0 Å². The summed E-state index contributed by atoms with van der Waals surface area (Å²) in [7, 11) is -4.95. The van der Waals surface area contributed by atoms with Crippen LogP contribution in [0.25, 0.3) is 0 Å². The fraction of sp³-hybridized carbons (Fsp3) is 0.750. The Morgan fingerprint density at radius 3 is 1.55 bits per heavy atom. The van der Waals surface area contributed by atoms with Crippen molar-refractivity contribution in [2.45, 2.75) is 13.8 Å². The van der Waals surface area contributed by atoms with Gasteiger partial charge in [0.1, 0.15) is 0 Å². The summed E-state index contributed by atoms with van der Waals surface area (Å²) in [6.07, 6.45) is 0. The molecule has 0 amide bonds. The van der Waals surface area contributed by atoms with Crippen LogP contribution in [0.1, 0.15) is 13.8 Å². The second kappa shape index (κ2) is 7.25. The van der Waals surface area contributed by atoms with E-state index in [1.54, 1.807) is 0 Å². The zero-order chi connectivity index (χ0) is 7.65. The molecule has 0 fully saturated rings. The van der Waals surface area contributed by atoms with Crippen molar-refractivity contribution in [1.82, 2.24) is 0 Å². The normalized spacial score (nSPS) is 9.91. The third-order valence-corrected chi connectivity index (χ3v) is 1.82. The molecule has 0 N–H and O–H groups in total. The minimum absolute atomic E-state index is 0. The largest absolute Gasteiger partial charge is 1.00 e. The molecule has 11 heavy (non-hydrogen) atoms. The minimum atomic E-state index is -4.95. The van der Waals surface area contributed by atoms with Gasteiger partial charge in [0.2, 0.25) is 0 Å². The molecule has 0 heterocycles. The molecule has 0 atom stereocenters. The van der Waals surface area contributed by atoms with Gasteiger partial charge in [0.05, 0.1) is 0 Å². The maximum atomic E-state index is 10.3. The van der Waals surface area contributed by atoms with Gasteiger partial charge >= 0.3 is 59.1 Å². The van der Waals surface area contributed by atoms with Crippen LogP contribution in [0, 0.1) is 5.92 Å². The maximum absolute atomic E-state index is 10.3. The van der Waals surface area contributed by atoms with Gasteiger partial charge in [0.25, 0.3) is 0 Å². The SMILES string of the molecule is CC(C)C(=O)P(=O)([O-])[O-].[Na+].[Na+]. The van der Waals surface area contributed by atoms with Crippen molar-refractivity contribution < 1.29 is 78.3 Å². The van der Waals surface area contributed by atoms with Gasteiger partial charge in [0, 0.05) is 13.5 Å². The molecule has 0 radical (unpaired) electrons. The summed E-state index contributed by atoms with van der Waals surface area (Å²) in [5.74, 6) is -0.717. The molecule has 0 rings (SSSR count). The van der Waals surface area contributed by atoms with Gasteiger partial charge in [-0.1, -0.05) is 13.8 Å². The molecule has 4 nitrogen and oxygen atoms in total. The van der Waals surface area contributed by atoms with E-state index in [0.29, 0.717) is 0 Å². The zero-order valence-electron chi connectivity index (χ0n) is 7.16. The molecule has 0 unspecified atom stereocenters. The van der Waals surface area contributed by atoms with Crippen LogP contribution in [0.2, 0.25) is 0 Å². The van der Waals surface area contributed by atoms with Crippen LogP contribution in [0.5, 0.6) is 0 Å². The third kappa shape index (κ3) is 8.16. The van der Waals surface area contributed by atoms with Crippen LogP contribution in [-0.4, -0.2) is 5.52 Å². The molecule has 0 saturated heterocycles. The molecule has 0 aromatic heterocycles. The number of carbonyl (C=O) groups is 1. The summed E-state index contributed by atoms with van der Waals surface area (Å²) < 4.78 is 9.90. The number of hydrogen-bond donors (Lipinski definition) is 0. The fourth-order valence-corrected chi connectivity index (χ4v) is 0.949. The third-order valence-electron chi connectivity index (χ3n) is 0.764. The van der Waals surface area contributed by atoms with Crippen molar-refractivity contribution in [2.75, 3.05) is 0 Å². The summed E-state index contributed by atoms with van der Waals surface area (Å²) in [4.78, 5) is 30.1. The van der Waals surface area contributed by atoms with Crippen molar-refractivity contribution in [3.8, 4) is 0 Å². The predicted molar refractivity (Wildman–Crippen MR) is 27.5 cm³/mol. The quantitative estimate of drug-likeness (QED) is 0.324. The Balaban J connectivity index is -0.000000320. The average molecular weight is 196 g/mol. The molecule has 0 aliphatic heterocycles. The Morgan fingerprint density at radius 1 is 1.27 bits per heavy atom. The second-order valence-electron chi connectivity index (χ2n) is 1.99. The van der Waals surface area contributed by atoms with E-state index in [9.17, 15) is 19.1 Å². The Bertz CT molecular complexity index is 163. The van der Waals surface area contributed by atoms with Gasteiger partial charge in [-0.3, -0.25) is 4.79 Å². The summed E-state index contributed by atoms with van der Waals surface area (Å²) in [5, 5.41) is 0. The smallest absolute Gasteiger partial charge is 0.805 e. The van der Waals surface area contributed by atoms with Crippen LogP contribution in [0.15, 0.2) is 0 Å². The van der Waals surface area contributed by atoms with Crippen molar-refractivity contribution in [3.63, 3.8) is 0 Å². The summed E-state index contributed by atoms with van der Waals surface area (Å²) in [6, 6.07) is 0. The first kappa shape index (κ1) is 18.6. The van der Waals surface area contributed by atoms with Crippen molar-refractivity contribution >= 4 is 13.1 Å². The molecule has 0 bridgehead atoms. The molecule has 0 aliphatic rings. The van der Waals surface area contributed by atoms with E-state index in [1.165, 1.54) is 13.8 Å². The van der Waals surface area contributed by atoms with Crippen LogP contribution >= 0.6 is 7.60 Å². The molecule has 0 saturated carbocycles. The van der Waals surface area contributed by atoms with Gasteiger partial charge < -0.3 is 14.4 Å². The van der Waals surface area contributed by atoms with Crippen molar-refractivity contribution in [2.24, 2.45) is 5.92 Å². The number of carbonyl (C=O) groups excluding carboxylic acids is 1. The summed E-state index contributed by atoms with van der Waals surface area (Å²) in [6.45, 7) is 2.73. The molecule has 0 aromatic carbocycles. The number of hydrogen-bond acceptors (Lipinski definition) is 4. The maximum Gasteiger partial charge on any atom is 1.00 e. The Kier molecular flexibility index (Phi) is 12.2. The fourth-order valence-electron chi connectivity index (χ4n) is 0.316. The van der Waals surface area contributed by atoms with Gasteiger partial charge in [0.15, 0.2) is 5.52 Å². The first-order chi connectivity index (χ1) is 3.85. The Morgan fingerprint density at radius 2 is 1.55 bits per heavy atom. The van der Waals surface area contributed by atoms with E-state index in [0.717, 1.165) is 0 Å². The summed E-state index contributed by atoms with van der Waals surface area (Å²) in [5.41, 5.74) is -1.22. The first-order valence-electron chi connectivity index (χ1n) is 2.42. The standard InChI is InChI=1S/C4H9O4P.2Na/c1-3(2)4(5)9(6,7)8;;/h3H,1-2H3,(H2,6,7,8);;/q;2*+1/p-2. The van der Waals surface area contributed by atoms with Gasteiger partial charge in [-0.15, -0.1) is 0 Å². The molecule has 7 heteroatoms. The van der Waals surface area contributed by atoms with Gasteiger partial charge in [-0.25, -0.2) is 0 Å². The molecular weight excluding hydrogens is 189 g/mol. The topological polar surface area (TPSA) is 80.3 Å². The molecular formula is C4H7Na2O4P. The molecule has 0 aliphatic carbocycles. The number of rotatable bonds is 2. The van der Waals surface area contributed by atoms with Crippen LogP contribution in [0.3, 0.4) is 0 Å². The second-order valence-corrected chi connectivity index (χ2v) is 3.43. The van der Waals surface area contributed by atoms with Crippen LogP contribution < -0.4 is 68.9 Å². The van der Waals surface area contributed by atoms with E-state index in [2.05, 4.69) is 0 Å². The first-order valence-corrected chi connectivity index (χ1v) is 3.96.